The average molecular weight is 571 g/mol. The number of fused-ring (bicyclic) bond motifs is 2. The Hall–Kier alpha value is -2.24. The quantitative estimate of drug-likeness (QED) is 0.484. The van der Waals surface area contributed by atoms with E-state index in [4.69, 9.17) is 46.4 Å². The second-order valence-electron chi connectivity index (χ2n) is 8.10. The molecule has 2 aromatic carbocycles. The Bertz CT molecular complexity index is 1250. The van der Waals surface area contributed by atoms with E-state index in [1.54, 1.807) is 0 Å². The second kappa shape index (κ2) is 8.70. The minimum absolute atomic E-state index is 0.0286. The highest BCUT2D eigenvalue weighted by atomic mass is 35.5. The van der Waals surface area contributed by atoms with Crippen molar-refractivity contribution in [3.05, 3.63) is 56.0 Å². The Kier molecular flexibility index (Phi) is 6.43. The number of carboxylic acids is 1. The van der Waals surface area contributed by atoms with Crippen LogP contribution in [0.2, 0.25) is 20.1 Å². The van der Waals surface area contributed by atoms with Gasteiger partial charge in [-0.05, 0) is 30.3 Å². The van der Waals surface area contributed by atoms with Gasteiger partial charge in [-0.15, -0.1) is 0 Å². The minimum Gasteiger partial charge on any atom is -0.481 e. The number of halogens is 7. The molecule has 0 bridgehead atoms. The number of nitrogens with zero attached hydrogens (tertiary/aromatic N) is 1. The first-order chi connectivity index (χ1) is 16.2. The van der Waals surface area contributed by atoms with Gasteiger partial charge in [-0.1, -0.05) is 46.4 Å². The molecule has 1 unspecified atom stereocenters. The number of alkyl halides is 3. The van der Waals surface area contributed by atoms with Crippen LogP contribution in [0.1, 0.15) is 5.56 Å². The topological polar surface area (TPSA) is 98.7 Å². The van der Waals surface area contributed by atoms with Crippen LogP contribution in [0, 0.1) is 11.8 Å². The lowest BCUT2D eigenvalue weighted by Gasteiger charge is -2.30. The summed E-state index contributed by atoms with van der Waals surface area (Å²) < 4.78 is 42.7. The predicted molar refractivity (Wildman–Crippen MR) is 124 cm³/mol. The molecule has 2 aliphatic heterocycles. The Balaban J connectivity index is 1.91. The predicted octanol–water partition coefficient (Wildman–Crippen LogP) is 4.96. The van der Waals surface area contributed by atoms with Crippen LogP contribution in [0.15, 0.2) is 30.3 Å². The van der Waals surface area contributed by atoms with E-state index in [9.17, 15) is 32.7 Å². The molecular weight excluding hydrogens is 557 g/mol. The molecule has 14 heteroatoms. The summed E-state index contributed by atoms with van der Waals surface area (Å²) in [5.74, 6) is -8.59. The smallest absolute Gasteiger partial charge is 0.404 e. The van der Waals surface area contributed by atoms with Gasteiger partial charge in [0.15, 0.2) is 0 Å². The molecule has 2 aliphatic rings. The maximum absolute atomic E-state index is 14.2. The third-order valence-electron chi connectivity index (χ3n) is 6.11. The van der Waals surface area contributed by atoms with E-state index in [0.717, 1.165) is 18.0 Å². The van der Waals surface area contributed by atoms with E-state index in [1.807, 2.05) is 0 Å². The van der Waals surface area contributed by atoms with E-state index in [0.29, 0.717) is 0 Å². The highest BCUT2D eigenvalue weighted by Gasteiger charge is 2.71. The molecular formula is C21H14Cl4F3N3O4. The molecule has 2 heterocycles. The molecule has 3 N–H and O–H groups in total. The monoisotopic (exact) mass is 569 g/mol. The van der Waals surface area contributed by atoms with Crippen molar-refractivity contribution >= 4 is 75.6 Å². The lowest BCUT2D eigenvalue weighted by atomic mass is 9.74. The molecule has 186 valence electrons. The van der Waals surface area contributed by atoms with Crippen molar-refractivity contribution in [3.63, 3.8) is 0 Å². The number of aliphatic carboxylic acids is 1. The van der Waals surface area contributed by atoms with Gasteiger partial charge < -0.3 is 15.3 Å². The Morgan fingerprint density at radius 2 is 1.60 bits per heavy atom. The number of hydrogen-bond acceptors (Lipinski definition) is 4. The number of hydrogen-bond donors (Lipinski definition) is 3. The molecule has 1 saturated heterocycles. The number of rotatable bonds is 3. The largest absolute Gasteiger partial charge is 0.481 e. The summed E-state index contributed by atoms with van der Waals surface area (Å²) in [7, 11) is 1.15. The van der Waals surface area contributed by atoms with Gasteiger partial charge in [0.25, 0.3) is 0 Å². The standard InChI is InChI=1S/C21H14Cl4F3N3O4/c1-31(10-3-7(22)2-8(23)4-10)17(32)13-14(18(33)34)20(30-16(13)21(26,27)28)11-5-9(24)6-12(25)15(11)29-19(20)35/h2-6,13-14,16,30H,1H3,(H,29,35)(H,33,34)/t13-,14-,16+,20?/m1/s1. The molecule has 0 saturated carbocycles. The lowest BCUT2D eigenvalue weighted by molar-refractivity contribution is -0.169. The lowest BCUT2D eigenvalue weighted by Crippen LogP contribution is -2.53. The van der Waals surface area contributed by atoms with Crippen molar-refractivity contribution in [1.82, 2.24) is 5.32 Å². The molecule has 1 fully saturated rings. The summed E-state index contributed by atoms with van der Waals surface area (Å²) in [6.45, 7) is 0. The van der Waals surface area contributed by atoms with Crippen molar-refractivity contribution < 1.29 is 32.7 Å². The number of anilines is 2. The molecule has 0 aromatic heterocycles. The summed E-state index contributed by atoms with van der Waals surface area (Å²) >= 11 is 24.1. The summed E-state index contributed by atoms with van der Waals surface area (Å²) in [4.78, 5) is 39.9. The average Bonchev–Trinajstić information content (AvgIpc) is 3.24. The third-order valence-corrected chi connectivity index (χ3v) is 7.07. The van der Waals surface area contributed by atoms with Crippen molar-refractivity contribution in [2.24, 2.45) is 11.8 Å². The van der Waals surface area contributed by atoms with Crippen molar-refractivity contribution in [3.8, 4) is 0 Å². The van der Waals surface area contributed by atoms with Gasteiger partial charge in [-0.25, -0.2) is 0 Å². The number of carbonyl (C=O) groups excluding carboxylic acids is 2. The fourth-order valence-electron chi connectivity index (χ4n) is 4.68. The first-order valence-corrected chi connectivity index (χ1v) is 11.3. The highest BCUT2D eigenvalue weighted by Crippen LogP contribution is 2.54. The molecule has 2 amide bonds. The summed E-state index contributed by atoms with van der Waals surface area (Å²) in [5.41, 5.74) is -2.75. The van der Waals surface area contributed by atoms with Crippen LogP contribution in [0.5, 0.6) is 0 Å². The molecule has 35 heavy (non-hydrogen) atoms. The van der Waals surface area contributed by atoms with Crippen molar-refractivity contribution in [1.29, 1.82) is 0 Å². The van der Waals surface area contributed by atoms with Crippen LogP contribution in [0.25, 0.3) is 0 Å². The molecule has 7 nitrogen and oxygen atoms in total. The number of benzene rings is 2. The van der Waals surface area contributed by atoms with Gasteiger partial charge in [0.1, 0.15) is 17.5 Å². The zero-order chi connectivity index (χ0) is 26.0. The van der Waals surface area contributed by atoms with E-state index in [-0.39, 0.29) is 37.0 Å². The van der Waals surface area contributed by atoms with E-state index in [2.05, 4.69) is 10.6 Å². The van der Waals surface area contributed by atoms with Gasteiger partial charge >= 0.3 is 12.1 Å². The summed E-state index contributed by atoms with van der Waals surface area (Å²) in [6, 6.07) is 3.58. The second-order valence-corrected chi connectivity index (χ2v) is 9.82. The maximum atomic E-state index is 14.2. The first kappa shape index (κ1) is 25.8. The molecule has 1 spiro atoms. The first-order valence-electron chi connectivity index (χ1n) is 9.80. The van der Waals surface area contributed by atoms with Crippen LogP contribution in [0.3, 0.4) is 0 Å². The fourth-order valence-corrected chi connectivity index (χ4v) is 5.73. The molecule has 0 radical (unpaired) electrons. The van der Waals surface area contributed by atoms with E-state index in [1.165, 1.54) is 24.3 Å². The van der Waals surface area contributed by atoms with Crippen LogP contribution >= 0.6 is 46.4 Å². The SMILES string of the molecule is CN(C(=O)[C@H]1[C@@H](C(F)(F)F)NC2(C(=O)Nc3c(Cl)cc(Cl)cc32)[C@H]1C(=O)O)c1cc(Cl)cc(Cl)c1. The van der Waals surface area contributed by atoms with Crippen LogP contribution in [0.4, 0.5) is 24.5 Å². The molecule has 2 aromatic rings. The fraction of sp³-hybridized carbons (Fsp3) is 0.286. The number of nitrogens with one attached hydrogen (secondary N) is 2. The van der Waals surface area contributed by atoms with E-state index >= 15 is 0 Å². The van der Waals surface area contributed by atoms with Crippen LogP contribution in [-0.4, -0.2) is 42.2 Å². The van der Waals surface area contributed by atoms with Gasteiger partial charge in [0.05, 0.1) is 16.6 Å². The summed E-state index contributed by atoms with van der Waals surface area (Å²) in [5, 5.41) is 14.6. The van der Waals surface area contributed by atoms with Crippen LogP contribution < -0.4 is 15.5 Å². The third kappa shape index (κ3) is 4.11. The summed E-state index contributed by atoms with van der Waals surface area (Å²) in [6.07, 6.45) is -5.12. The zero-order valence-electron chi connectivity index (χ0n) is 17.4. The normalized spacial score (nSPS) is 25.5. The van der Waals surface area contributed by atoms with E-state index < -0.39 is 47.4 Å². The van der Waals surface area contributed by atoms with Gasteiger partial charge in [-0.3, -0.25) is 19.7 Å². The minimum atomic E-state index is -5.12. The van der Waals surface area contributed by atoms with Gasteiger partial charge in [0.2, 0.25) is 11.8 Å². The zero-order valence-corrected chi connectivity index (χ0v) is 20.4. The highest BCUT2D eigenvalue weighted by molar-refractivity contribution is 6.38. The molecule has 4 atom stereocenters. The molecule has 4 rings (SSSR count). The maximum Gasteiger partial charge on any atom is 0.404 e. The van der Waals surface area contributed by atoms with Gasteiger partial charge in [0, 0.05) is 33.4 Å². The van der Waals surface area contributed by atoms with Gasteiger partial charge in [-0.2, -0.15) is 13.2 Å². The van der Waals surface area contributed by atoms with Crippen molar-refractivity contribution in [2.75, 3.05) is 17.3 Å². The Labute approximate surface area is 216 Å². The molecule has 0 aliphatic carbocycles. The Morgan fingerprint density at radius 1 is 1.03 bits per heavy atom. The van der Waals surface area contributed by atoms with Crippen LogP contribution in [-0.2, 0) is 19.9 Å². The number of amides is 2. The number of carbonyl (C=O) groups is 3. The van der Waals surface area contributed by atoms with Crippen molar-refractivity contribution in [2.45, 2.75) is 17.8 Å². The number of carboxylic acid groups (broad SMARTS) is 1. The Morgan fingerprint density at radius 3 is 2.14 bits per heavy atom.